The van der Waals surface area contributed by atoms with Crippen LogP contribution in [0.4, 0.5) is 13.2 Å². The number of benzene rings is 2. The molecule has 0 saturated heterocycles. The van der Waals surface area contributed by atoms with Gasteiger partial charge in [0.1, 0.15) is 11.5 Å². The largest absolute Gasteiger partial charge is 0.491 e. The van der Waals surface area contributed by atoms with Crippen molar-refractivity contribution in [3.8, 4) is 11.5 Å². The van der Waals surface area contributed by atoms with E-state index in [1.807, 2.05) is 45.0 Å². The first-order valence-electron chi connectivity index (χ1n) is 8.51. The number of alkyl halides is 3. The first-order chi connectivity index (χ1) is 12.6. The summed E-state index contributed by atoms with van der Waals surface area (Å²) in [5.74, 6) is 0.435. The molecule has 0 aliphatic rings. The summed E-state index contributed by atoms with van der Waals surface area (Å²) in [6.45, 7) is 4.33. The van der Waals surface area contributed by atoms with E-state index in [4.69, 9.17) is 4.74 Å². The molecule has 1 unspecified atom stereocenters. The van der Waals surface area contributed by atoms with Gasteiger partial charge in [0.2, 0.25) is 0 Å². The van der Waals surface area contributed by atoms with Gasteiger partial charge in [0, 0.05) is 5.56 Å². The highest BCUT2D eigenvalue weighted by atomic mass is 19.4. The summed E-state index contributed by atoms with van der Waals surface area (Å²) in [5.41, 5.74) is 1.21. The lowest BCUT2D eigenvalue weighted by molar-refractivity contribution is -0.153. The van der Waals surface area contributed by atoms with Gasteiger partial charge < -0.3 is 14.8 Å². The van der Waals surface area contributed by atoms with Gasteiger partial charge in [0.15, 0.2) is 6.61 Å². The molecule has 2 rings (SSSR count). The van der Waals surface area contributed by atoms with Crippen LogP contribution in [0.5, 0.6) is 11.5 Å². The summed E-state index contributed by atoms with van der Waals surface area (Å²) in [4.78, 5) is 12.4. The third-order valence-electron chi connectivity index (χ3n) is 3.60. The van der Waals surface area contributed by atoms with Crippen molar-refractivity contribution in [3.63, 3.8) is 0 Å². The molecule has 1 amide bonds. The molecule has 0 spiro atoms. The van der Waals surface area contributed by atoms with E-state index in [0.29, 0.717) is 5.56 Å². The van der Waals surface area contributed by atoms with Crippen LogP contribution < -0.4 is 14.8 Å². The van der Waals surface area contributed by atoms with Gasteiger partial charge in [-0.05, 0) is 62.7 Å². The number of ether oxygens (including phenoxy) is 2. The number of rotatable bonds is 7. The van der Waals surface area contributed by atoms with E-state index >= 15 is 0 Å². The lowest BCUT2D eigenvalue weighted by Crippen LogP contribution is -2.26. The number of hydrogen-bond donors (Lipinski definition) is 1. The second kappa shape index (κ2) is 8.79. The molecular weight excluding hydrogens is 359 g/mol. The molecule has 27 heavy (non-hydrogen) atoms. The van der Waals surface area contributed by atoms with Crippen molar-refractivity contribution in [1.29, 1.82) is 0 Å². The van der Waals surface area contributed by atoms with E-state index in [2.05, 4.69) is 10.1 Å². The van der Waals surface area contributed by atoms with Crippen LogP contribution >= 0.6 is 0 Å². The number of halogens is 3. The average Bonchev–Trinajstić information content (AvgIpc) is 2.59. The molecular formula is C20H22F3NO3. The highest BCUT2D eigenvalue weighted by Gasteiger charge is 2.28. The van der Waals surface area contributed by atoms with E-state index in [1.165, 1.54) is 24.3 Å². The fraction of sp³-hybridized carbons (Fsp3) is 0.350. The normalized spacial score (nSPS) is 12.6. The zero-order valence-corrected chi connectivity index (χ0v) is 15.3. The molecule has 7 heteroatoms. The molecule has 0 fully saturated rings. The maximum Gasteiger partial charge on any atom is 0.422 e. The second-order valence-corrected chi connectivity index (χ2v) is 6.36. The zero-order chi connectivity index (χ0) is 20.0. The van der Waals surface area contributed by atoms with Crippen molar-refractivity contribution >= 4 is 5.91 Å². The molecule has 2 aromatic carbocycles. The average molecular weight is 381 g/mol. The summed E-state index contributed by atoms with van der Waals surface area (Å²) in [6, 6.07) is 12.7. The van der Waals surface area contributed by atoms with Crippen molar-refractivity contribution in [1.82, 2.24) is 5.32 Å². The van der Waals surface area contributed by atoms with E-state index in [1.54, 1.807) is 0 Å². The van der Waals surface area contributed by atoms with Crippen LogP contribution in [-0.4, -0.2) is 24.8 Å². The van der Waals surface area contributed by atoms with Gasteiger partial charge in [-0.2, -0.15) is 13.2 Å². The fourth-order valence-electron chi connectivity index (χ4n) is 2.36. The number of carbonyl (C=O) groups is 1. The molecule has 0 aliphatic carbocycles. The predicted octanol–water partition coefficient (Wildman–Crippen LogP) is 4.91. The number of amides is 1. The van der Waals surface area contributed by atoms with Crippen molar-refractivity contribution < 1.29 is 27.4 Å². The van der Waals surface area contributed by atoms with Gasteiger partial charge in [0.25, 0.3) is 5.91 Å². The third-order valence-corrected chi connectivity index (χ3v) is 3.60. The molecule has 0 heterocycles. The summed E-state index contributed by atoms with van der Waals surface area (Å²) < 4.78 is 46.7. The van der Waals surface area contributed by atoms with E-state index < -0.39 is 12.8 Å². The third kappa shape index (κ3) is 6.84. The SMILES string of the molecule is CC(C)Oc1cccc(C(C)NC(=O)c2ccc(OCC(F)(F)F)cc2)c1. The molecule has 0 bridgehead atoms. The fourth-order valence-corrected chi connectivity index (χ4v) is 2.36. The Morgan fingerprint density at radius 1 is 1.04 bits per heavy atom. The van der Waals surface area contributed by atoms with Crippen LogP contribution in [0.15, 0.2) is 48.5 Å². The summed E-state index contributed by atoms with van der Waals surface area (Å²) in [7, 11) is 0. The summed E-state index contributed by atoms with van der Waals surface area (Å²) in [5, 5.41) is 2.85. The van der Waals surface area contributed by atoms with Crippen LogP contribution in [0.25, 0.3) is 0 Å². The number of nitrogens with one attached hydrogen (secondary N) is 1. The van der Waals surface area contributed by atoms with Gasteiger partial charge in [-0.1, -0.05) is 12.1 Å². The van der Waals surface area contributed by atoms with Crippen LogP contribution in [0.1, 0.15) is 42.7 Å². The van der Waals surface area contributed by atoms with Gasteiger partial charge in [0.05, 0.1) is 12.1 Å². The van der Waals surface area contributed by atoms with Crippen molar-refractivity contribution in [2.45, 2.75) is 39.1 Å². The smallest absolute Gasteiger partial charge is 0.422 e. The number of carbonyl (C=O) groups excluding carboxylic acids is 1. The van der Waals surface area contributed by atoms with E-state index in [9.17, 15) is 18.0 Å². The van der Waals surface area contributed by atoms with Crippen molar-refractivity contribution in [2.75, 3.05) is 6.61 Å². The standard InChI is InChI=1S/C20H22F3NO3/c1-13(2)27-18-6-4-5-16(11-18)14(3)24-19(25)15-7-9-17(10-8-15)26-12-20(21,22)23/h4-11,13-14H,12H2,1-3H3,(H,24,25). The molecule has 1 atom stereocenters. The maximum absolute atomic E-state index is 12.4. The Morgan fingerprint density at radius 2 is 1.70 bits per heavy atom. The van der Waals surface area contributed by atoms with E-state index in [0.717, 1.165) is 11.3 Å². The minimum atomic E-state index is -4.40. The quantitative estimate of drug-likeness (QED) is 0.742. The second-order valence-electron chi connectivity index (χ2n) is 6.36. The molecule has 4 nitrogen and oxygen atoms in total. The maximum atomic E-state index is 12.4. The van der Waals surface area contributed by atoms with Gasteiger partial charge in [-0.3, -0.25) is 4.79 Å². The van der Waals surface area contributed by atoms with Crippen molar-refractivity contribution in [2.24, 2.45) is 0 Å². The highest BCUT2D eigenvalue weighted by molar-refractivity contribution is 5.94. The minimum Gasteiger partial charge on any atom is -0.491 e. The lowest BCUT2D eigenvalue weighted by atomic mass is 10.1. The molecule has 2 aromatic rings. The first kappa shape index (κ1) is 20.6. The van der Waals surface area contributed by atoms with Crippen LogP contribution in [0.3, 0.4) is 0 Å². The minimum absolute atomic E-state index is 0.0447. The van der Waals surface area contributed by atoms with Gasteiger partial charge >= 0.3 is 6.18 Å². The van der Waals surface area contributed by atoms with Crippen LogP contribution in [0, 0.1) is 0 Å². The van der Waals surface area contributed by atoms with E-state index in [-0.39, 0.29) is 23.8 Å². The zero-order valence-electron chi connectivity index (χ0n) is 15.3. The topological polar surface area (TPSA) is 47.6 Å². The molecule has 0 aliphatic heterocycles. The Kier molecular flexibility index (Phi) is 6.71. The lowest BCUT2D eigenvalue weighted by Gasteiger charge is -2.17. The predicted molar refractivity (Wildman–Crippen MR) is 96.1 cm³/mol. The Bertz CT molecular complexity index is 758. The van der Waals surface area contributed by atoms with Gasteiger partial charge in [-0.25, -0.2) is 0 Å². The van der Waals surface area contributed by atoms with Gasteiger partial charge in [-0.15, -0.1) is 0 Å². The van der Waals surface area contributed by atoms with Crippen molar-refractivity contribution in [3.05, 3.63) is 59.7 Å². The van der Waals surface area contributed by atoms with Crippen LogP contribution in [-0.2, 0) is 0 Å². The molecule has 0 radical (unpaired) electrons. The van der Waals surface area contributed by atoms with Crippen LogP contribution in [0.2, 0.25) is 0 Å². The Hall–Kier alpha value is -2.70. The Morgan fingerprint density at radius 3 is 2.30 bits per heavy atom. The molecule has 0 saturated carbocycles. The molecule has 146 valence electrons. The Balaban J connectivity index is 1.98. The highest BCUT2D eigenvalue weighted by Crippen LogP contribution is 2.22. The monoisotopic (exact) mass is 381 g/mol. The molecule has 0 aromatic heterocycles. The summed E-state index contributed by atoms with van der Waals surface area (Å²) in [6.07, 6.45) is -4.36. The Labute approximate surface area is 156 Å². The first-order valence-corrected chi connectivity index (χ1v) is 8.51. The summed E-state index contributed by atoms with van der Waals surface area (Å²) >= 11 is 0. The molecule has 1 N–H and O–H groups in total. The number of hydrogen-bond acceptors (Lipinski definition) is 3.